The lowest BCUT2D eigenvalue weighted by atomic mass is 10.0. The Kier molecular flexibility index (Phi) is 18.8. The predicted octanol–water partition coefficient (Wildman–Crippen LogP) is 7.06. The Balaban J connectivity index is 3.73. The third-order valence-corrected chi connectivity index (χ3v) is 7.05. The summed E-state index contributed by atoms with van der Waals surface area (Å²) >= 11 is 0. The normalized spacial score (nSPS) is 14.3. The second-order valence-corrected chi connectivity index (χ2v) is 10.2. The Morgan fingerprint density at radius 2 is 0.964 bits per heavy atom. The zero-order valence-corrected chi connectivity index (χ0v) is 19.5. The minimum atomic E-state index is -3.92. The molecule has 0 bridgehead atoms. The average Bonchev–Trinajstić information content (AvgIpc) is 2.63. The van der Waals surface area contributed by atoms with Crippen molar-refractivity contribution < 1.29 is 18.1 Å². The van der Waals surface area contributed by atoms with E-state index in [9.17, 15) is 18.1 Å². The van der Waals surface area contributed by atoms with Crippen LogP contribution in [0.25, 0.3) is 0 Å². The van der Waals surface area contributed by atoms with E-state index in [-0.39, 0.29) is 6.10 Å². The van der Waals surface area contributed by atoms with Crippen LogP contribution in [0, 0.1) is 0 Å². The van der Waals surface area contributed by atoms with Crippen LogP contribution in [0.3, 0.4) is 0 Å². The van der Waals surface area contributed by atoms with E-state index in [1.807, 2.05) is 0 Å². The number of aliphatic hydroxyl groups excluding tert-OH is 1. The Labute approximate surface area is 175 Å². The van der Waals surface area contributed by atoms with Crippen LogP contribution in [0.2, 0.25) is 0 Å². The summed E-state index contributed by atoms with van der Waals surface area (Å²) in [5, 5.41) is 9.12. The van der Waals surface area contributed by atoms with Gasteiger partial charge in [0.2, 0.25) is 0 Å². The highest BCUT2D eigenvalue weighted by atomic mass is 32.2. The molecule has 0 aromatic heterocycles. The summed E-state index contributed by atoms with van der Waals surface area (Å²) < 4.78 is 32.8. The van der Waals surface area contributed by atoms with Crippen molar-refractivity contribution in [3.8, 4) is 0 Å². The van der Waals surface area contributed by atoms with Crippen LogP contribution in [0.4, 0.5) is 0 Å². The zero-order valence-electron chi connectivity index (χ0n) is 18.7. The van der Waals surface area contributed by atoms with Crippen LogP contribution in [0.15, 0.2) is 0 Å². The maximum atomic E-state index is 11.6. The molecule has 0 aliphatic rings. The summed E-state index contributed by atoms with van der Waals surface area (Å²) in [5.41, 5.74) is 0. The molecule has 0 radical (unpaired) electrons. The first kappa shape index (κ1) is 27.9. The molecule has 4 nitrogen and oxygen atoms in total. The van der Waals surface area contributed by atoms with Gasteiger partial charge in [0, 0.05) is 0 Å². The van der Waals surface area contributed by atoms with E-state index in [0.29, 0.717) is 12.8 Å². The van der Waals surface area contributed by atoms with E-state index >= 15 is 0 Å². The number of rotatable bonds is 21. The third kappa shape index (κ3) is 17.9. The van der Waals surface area contributed by atoms with E-state index in [1.54, 1.807) is 0 Å². The van der Waals surface area contributed by atoms with E-state index in [0.717, 1.165) is 64.2 Å². The molecule has 2 N–H and O–H groups in total. The van der Waals surface area contributed by atoms with E-state index in [2.05, 4.69) is 13.8 Å². The number of unbranched alkanes of at least 4 members (excludes halogenated alkanes) is 12. The van der Waals surface area contributed by atoms with Gasteiger partial charge in [0.1, 0.15) is 0 Å². The van der Waals surface area contributed by atoms with Gasteiger partial charge in [-0.05, 0) is 25.7 Å². The van der Waals surface area contributed by atoms with Crippen molar-refractivity contribution in [2.45, 2.75) is 147 Å². The Morgan fingerprint density at radius 1 is 0.571 bits per heavy atom. The summed E-state index contributed by atoms with van der Waals surface area (Å²) in [6, 6.07) is 0. The van der Waals surface area contributed by atoms with Crippen LogP contribution in [0.1, 0.15) is 136 Å². The minimum absolute atomic E-state index is 0.162. The van der Waals surface area contributed by atoms with Gasteiger partial charge in [-0.15, -0.1) is 0 Å². The standard InChI is InChI=1S/C23H48O4S/c1-3-5-6-7-8-9-10-13-16-20-23(28(25,26)27)21-17-14-11-12-15-19-22(24)18-4-2/h22-24H,3-21H2,1-2H3,(H,25,26,27). The predicted molar refractivity (Wildman–Crippen MR) is 120 cm³/mol. The Morgan fingerprint density at radius 3 is 1.36 bits per heavy atom. The smallest absolute Gasteiger partial charge is 0.267 e. The van der Waals surface area contributed by atoms with E-state index in [4.69, 9.17) is 0 Å². The van der Waals surface area contributed by atoms with Crippen molar-refractivity contribution in [3.05, 3.63) is 0 Å². The number of aliphatic hydroxyl groups is 1. The van der Waals surface area contributed by atoms with Crippen LogP contribution in [0.5, 0.6) is 0 Å². The number of hydrogen-bond donors (Lipinski definition) is 2. The lowest BCUT2D eigenvalue weighted by Gasteiger charge is -2.14. The maximum absolute atomic E-state index is 11.6. The van der Waals surface area contributed by atoms with Crippen molar-refractivity contribution >= 4 is 10.1 Å². The van der Waals surface area contributed by atoms with Gasteiger partial charge in [-0.3, -0.25) is 4.55 Å². The molecule has 0 aromatic rings. The molecule has 0 spiro atoms. The third-order valence-electron chi connectivity index (χ3n) is 5.74. The molecule has 0 aliphatic heterocycles. The van der Waals surface area contributed by atoms with Crippen LogP contribution in [-0.4, -0.2) is 29.4 Å². The summed E-state index contributed by atoms with van der Waals surface area (Å²) in [5.74, 6) is 0. The highest BCUT2D eigenvalue weighted by Gasteiger charge is 2.21. The fraction of sp³-hybridized carbons (Fsp3) is 1.00. The van der Waals surface area contributed by atoms with Gasteiger partial charge >= 0.3 is 0 Å². The SMILES string of the molecule is CCCCCCCCCCCC(CCCCCCCC(O)CCC)S(=O)(=O)O. The molecule has 170 valence electrons. The first-order valence-corrected chi connectivity index (χ1v) is 13.6. The van der Waals surface area contributed by atoms with Crippen LogP contribution < -0.4 is 0 Å². The quantitative estimate of drug-likeness (QED) is 0.154. The molecule has 0 saturated carbocycles. The molecule has 5 heteroatoms. The minimum Gasteiger partial charge on any atom is -0.393 e. The monoisotopic (exact) mass is 420 g/mol. The fourth-order valence-electron chi connectivity index (χ4n) is 3.88. The maximum Gasteiger partial charge on any atom is 0.267 e. The van der Waals surface area contributed by atoms with Crippen molar-refractivity contribution in [1.29, 1.82) is 0 Å². The van der Waals surface area contributed by atoms with Crippen molar-refractivity contribution in [2.75, 3.05) is 0 Å². The van der Waals surface area contributed by atoms with Crippen molar-refractivity contribution in [3.63, 3.8) is 0 Å². The molecule has 2 unspecified atom stereocenters. The zero-order chi connectivity index (χ0) is 21.1. The molecule has 0 rings (SSSR count). The molecular weight excluding hydrogens is 372 g/mol. The molecule has 0 amide bonds. The summed E-state index contributed by atoms with van der Waals surface area (Å²) in [4.78, 5) is 0. The first-order chi connectivity index (χ1) is 13.4. The summed E-state index contributed by atoms with van der Waals surface area (Å²) in [6.45, 7) is 4.31. The van der Waals surface area contributed by atoms with Gasteiger partial charge in [0.25, 0.3) is 10.1 Å². The van der Waals surface area contributed by atoms with Gasteiger partial charge in [-0.25, -0.2) is 0 Å². The second-order valence-electron chi connectivity index (χ2n) is 8.54. The largest absolute Gasteiger partial charge is 0.393 e. The molecule has 2 atom stereocenters. The number of hydrogen-bond acceptors (Lipinski definition) is 3. The van der Waals surface area contributed by atoms with Gasteiger partial charge < -0.3 is 5.11 Å². The van der Waals surface area contributed by atoms with E-state index < -0.39 is 15.4 Å². The van der Waals surface area contributed by atoms with Gasteiger partial charge in [-0.2, -0.15) is 8.42 Å². The Bertz CT molecular complexity index is 422. The first-order valence-electron chi connectivity index (χ1n) is 12.1. The fourth-order valence-corrected chi connectivity index (χ4v) is 4.81. The molecule has 0 aromatic carbocycles. The second kappa shape index (κ2) is 18.9. The highest BCUT2D eigenvalue weighted by Crippen LogP contribution is 2.19. The molecular formula is C23H48O4S. The van der Waals surface area contributed by atoms with Gasteiger partial charge in [0.05, 0.1) is 11.4 Å². The summed E-state index contributed by atoms with van der Waals surface area (Å²) in [6.07, 6.45) is 19.8. The average molecular weight is 421 g/mol. The van der Waals surface area contributed by atoms with Crippen LogP contribution in [-0.2, 0) is 10.1 Å². The molecule has 0 aliphatic carbocycles. The van der Waals surface area contributed by atoms with Crippen molar-refractivity contribution in [1.82, 2.24) is 0 Å². The van der Waals surface area contributed by atoms with Crippen LogP contribution >= 0.6 is 0 Å². The summed E-state index contributed by atoms with van der Waals surface area (Å²) in [7, 11) is -3.92. The molecule has 0 fully saturated rings. The van der Waals surface area contributed by atoms with Gasteiger partial charge in [0.15, 0.2) is 0 Å². The molecule has 0 heterocycles. The van der Waals surface area contributed by atoms with E-state index in [1.165, 1.54) is 44.9 Å². The highest BCUT2D eigenvalue weighted by molar-refractivity contribution is 7.86. The topological polar surface area (TPSA) is 74.6 Å². The lowest BCUT2D eigenvalue weighted by Crippen LogP contribution is -2.20. The van der Waals surface area contributed by atoms with Crippen molar-refractivity contribution in [2.24, 2.45) is 0 Å². The molecule has 0 saturated heterocycles. The molecule has 28 heavy (non-hydrogen) atoms. The van der Waals surface area contributed by atoms with Gasteiger partial charge in [-0.1, -0.05) is 110 Å². The Hall–Kier alpha value is -0.130. The lowest BCUT2D eigenvalue weighted by molar-refractivity contribution is 0.150.